The van der Waals surface area contributed by atoms with E-state index < -0.39 is 17.9 Å². The van der Waals surface area contributed by atoms with Crippen LogP contribution in [0.3, 0.4) is 0 Å². The Morgan fingerprint density at radius 2 is 1.43 bits per heavy atom. The summed E-state index contributed by atoms with van der Waals surface area (Å²) in [6.07, 6.45) is 0. The lowest BCUT2D eigenvalue weighted by Gasteiger charge is -2.11. The van der Waals surface area contributed by atoms with Crippen molar-refractivity contribution in [3.8, 4) is 11.5 Å². The molecule has 0 spiro atoms. The molecule has 1 rings (SSSR count). The number of esters is 2. The minimum atomic E-state index is -1.21. The average Bonchev–Trinajstić information content (AvgIpc) is 2.39. The van der Waals surface area contributed by atoms with E-state index >= 15 is 0 Å². The lowest BCUT2D eigenvalue weighted by atomic mass is 10.2. The molecule has 0 fully saturated rings. The van der Waals surface area contributed by atoms with Gasteiger partial charge in [0.05, 0.1) is 5.56 Å². The lowest BCUT2D eigenvalue weighted by Crippen LogP contribution is -2.13. The number of carbonyl (C=O) groups excluding carboxylic acids is 2. The van der Waals surface area contributed by atoms with Crippen LogP contribution < -0.4 is 9.47 Å². The maximum absolute atomic E-state index is 11.5. The molecule has 1 N–H and O–H groups in total. The van der Waals surface area contributed by atoms with Crippen molar-refractivity contribution in [3.63, 3.8) is 0 Å². The van der Waals surface area contributed by atoms with Gasteiger partial charge in [-0.2, -0.15) is 0 Å². The Labute approximate surface area is 121 Å². The van der Waals surface area contributed by atoms with Crippen molar-refractivity contribution in [2.45, 2.75) is 13.8 Å². The second-order valence-electron chi connectivity index (χ2n) is 4.31. The molecule has 1 aromatic rings. The quantitative estimate of drug-likeness (QED) is 0.508. The number of aromatic carboxylic acids is 1. The van der Waals surface area contributed by atoms with Gasteiger partial charge in [0.25, 0.3) is 0 Å². The maximum Gasteiger partial charge on any atom is 0.338 e. The maximum atomic E-state index is 11.5. The number of rotatable bonds is 5. The molecular formula is C15H14O6. The molecule has 0 saturated carbocycles. The summed E-state index contributed by atoms with van der Waals surface area (Å²) in [7, 11) is 0. The van der Waals surface area contributed by atoms with Gasteiger partial charge >= 0.3 is 17.9 Å². The van der Waals surface area contributed by atoms with Crippen molar-refractivity contribution in [2.24, 2.45) is 0 Å². The van der Waals surface area contributed by atoms with Crippen molar-refractivity contribution >= 4 is 17.9 Å². The molecule has 6 nitrogen and oxygen atoms in total. The average molecular weight is 290 g/mol. The Hall–Kier alpha value is -2.89. The number of carbonyl (C=O) groups is 3. The normalized spacial score (nSPS) is 9.62. The van der Waals surface area contributed by atoms with E-state index in [2.05, 4.69) is 13.2 Å². The Bertz CT molecular complexity index is 642. The van der Waals surface area contributed by atoms with E-state index in [4.69, 9.17) is 14.6 Å². The zero-order valence-corrected chi connectivity index (χ0v) is 11.6. The van der Waals surface area contributed by atoms with Gasteiger partial charge in [0.15, 0.2) is 11.5 Å². The van der Waals surface area contributed by atoms with Crippen LogP contribution in [0.25, 0.3) is 0 Å². The predicted octanol–water partition coefficient (Wildman–Crippen LogP) is 2.35. The highest BCUT2D eigenvalue weighted by Gasteiger charge is 2.17. The highest BCUT2D eigenvalue weighted by molar-refractivity contribution is 5.93. The molecule has 110 valence electrons. The van der Waals surface area contributed by atoms with Gasteiger partial charge in [0.1, 0.15) is 0 Å². The number of ether oxygens (including phenoxy) is 2. The van der Waals surface area contributed by atoms with E-state index in [0.717, 1.165) is 6.07 Å². The molecule has 0 amide bonds. The van der Waals surface area contributed by atoms with Gasteiger partial charge < -0.3 is 14.6 Å². The van der Waals surface area contributed by atoms with E-state index in [0.29, 0.717) is 0 Å². The molecular weight excluding hydrogens is 276 g/mol. The summed E-state index contributed by atoms with van der Waals surface area (Å²) in [5, 5.41) is 8.93. The Morgan fingerprint density at radius 1 is 0.952 bits per heavy atom. The fourth-order valence-electron chi connectivity index (χ4n) is 1.18. The highest BCUT2D eigenvalue weighted by Crippen LogP contribution is 2.29. The molecule has 0 saturated heterocycles. The molecule has 0 radical (unpaired) electrons. The summed E-state index contributed by atoms with van der Waals surface area (Å²) in [5.41, 5.74) is 0.150. The van der Waals surface area contributed by atoms with Crippen LogP contribution >= 0.6 is 0 Å². The van der Waals surface area contributed by atoms with Gasteiger partial charge in [-0.3, -0.25) is 0 Å². The molecule has 1 aromatic carbocycles. The van der Waals surface area contributed by atoms with Crippen molar-refractivity contribution in [1.29, 1.82) is 0 Å². The Kier molecular flexibility index (Phi) is 5.01. The molecule has 0 aromatic heterocycles. The Balaban J connectivity index is 3.19. The van der Waals surface area contributed by atoms with Gasteiger partial charge in [-0.25, -0.2) is 14.4 Å². The van der Waals surface area contributed by atoms with E-state index in [-0.39, 0.29) is 28.2 Å². The van der Waals surface area contributed by atoms with Crippen LogP contribution in [0, 0.1) is 0 Å². The fraction of sp³-hybridized carbons (Fsp3) is 0.133. The third-order valence-corrected chi connectivity index (χ3v) is 2.29. The highest BCUT2D eigenvalue weighted by atomic mass is 16.6. The first-order valence-electron chi connectivity index (χ1n) is 5.85. The minimum absolute atomic E-state index is 0.0809. The number of carboxylic acid groups (broad SMARTS) is 1. The van der Waals surface area contributed by atoms with E-state index in [1.54, 1.807) is 0 Å². The molecule has 0 heterocycles. The largest absolute Gasteiger partial charge is 0.478 e. The monoisotopic (exact) mass is 290 g/mol. The van der Waals surface area contributed by atoms with Crippen LogP contribution in [-0.4, -0.2) is 23.0 Å². The van der Waals surface area contributed by atoms with Crippen molar-refractivity contribution in [3.05, 3.63) is 48.1 Å². The van der Waals surface area contributed by atoms with Crippen LogP contribution in [0.1, 0.15) is 24.2 Å². The van der Waals surface area contributed by atoms with Crippen molar-refractivity contribution in [1.82, 2.24) is 0 Å². The third kappa shape index (κ3) is 4.31. The number of hydrogen-bond acceptors (Lipinski definition) is 5. The minimum Gasteiger partial charge on any atom is -0.478 e. The number of carboxylic acids is 1. The van der Waals surface area contributed by atoms with E-state index in [1.807, 2.05) is 0 Å². The molecule has 0 unspecified atom stereocenters. The summed E-state index contributed by atoms with van der Waals surface area (Å²) >= 11 is 0. The van der Waals surface area contributed by atoms with Gasteiger partial charge in [-0.05, 0) is 32.0 Å². The third-order valence-electron chi connectivity index (χ3n) is 2.29. The van der Waals surface area contributed by atoms with E-state index in [1.165, 1.54) is 26.0 Å². The van der Waals surface area contributed by atoms with Crippen LogP contribution in [-0.2, 0) is 9.59 Å². The van der Waals surface area contributed by atoms with Gasteiger partial charge in [-0.15, -0.1) is 0 Å². The van der Waals surface area contributed by atoms with E-state index in [9.17, 15) is 14.4 Å². The van der Waals surface area contributed by atoms with Crippen LogP contribution in [0.5, 0.6) is 11.5 Å². The van der Waals surface area contributed by atoms with Gasteiger partial charge in [-0.1, -0.05) is 13.2 Å². The standard InChI is InChI=1S/C15H14O6/c1-8(2)14(18)20-11-6-5-10(13(16)17)7-12(11)21-15(19)9(3)4/h5-7H,1,3H2,2,4H3,(H,16,17). The van der Waals surface area contributed by atoms with Gasteiger partial charge in [0.2, 0.25) is 0 Å². The zero-order valence-electron chi connectivity index (χ0n) is 11.6. The summed E-state index contributed by atoms with van der Waals surface area (Å²) in [6.45, 7) is 9.73. The summed E-state index contributed by atoms with van der Waals surface area (Å²) in [6, 6.07) is 3.54. The lowest BCUT2D eigenvalue weighted by molar-refractivity contribution is -0.132. The van der Waals surface area contributed by atoms with Crippen molar-refractivity contribution in [2.75, 3.05) is 0 Å². The second kappa shape index (κ2) is 6.51. The Morgan fingerprint density at radius 3 is 1.86 bits per heavy atom. The topological polar surface area (TPSA) is 89.9 Å². The number of benzene rings is 1. The molecule has 0 aliphatic rings. The smallest absolute Gasteiger partial charge is 0.338 e. The first-order chi connectivity index (χ1) is 9.72. The van der Waals surface area contributed by atoms with Gasteiger partial charge in [0, 0.05) is 11.1 Å². The second-order valence-corrected chi connectivity index (χ2v) is 4.31. The molecule has 6 heteroatoms. The first kappa shape index (κ1) is 16.2. The molecule has 21 heavy (non-hydrogen) atoms. The SMILES string of the molecule is C=C(C)C(=O)Oc1ccc(C(=O)O)cc1OC(=O)C(=C)C. The fourth-order valence-corrected chi connectivity index (χ4v) is 1.18. The molecule has 0 atom stereocenters. The van der Waals surface area contributed by atoms with Crippen LogP contribution in [0.2, 0.25) is 0 Å². The van der Waals surface area contributed by atoms with Crippen LogP contribution in [0.4, 0.5) is 0 Å². The zero-order chi connectivity index (χ0) is 16.2. The summed E-state index contributed by atoms with van der Waals surface area (Å²) in [4.78, 5) is 34.0. The summed E-state index contributed by atoms with van der Waals surface area (Å²) in [5.74, 6) is -2.95. The first-order valence-corrected chi connectivity index (χ1v) is 5.85. The summed E-state index contributed by atoms with van der Waals surface area (Å²) < 4.78 is 9.95. The molecule has 0 aliphatic heterocycles. The number of hydrogen-bond donors (Lipinski definition) is 1. The predicted molar refractivity (Wildman–Crippen MR) is 74.3 cm³/mol. The van der Waals surface area contributed by atoms with Crippen LogP contribution in [0.15, 0.2) is 42.5 Å². The van der Waals surface area contributed by atoms with Crippen molar-refractivity contribution < 1.29 is 29.0 Å². The molecule has 0 aliphatic carbocycles. The molecule has 0 bridgehead atoms.